The molecule has 0 aliphatic carbocycles. The van der Waals surface area contributed by atoms with Gasteiger partial charge in [-0.1, -0.05) is 6.07 Å². The van der Waals surface area contributed by atoms with Gasteiger partial charge in [0.15, 0.2) is 0 Å². The Kier molecular flexibility index (Phi) is 5.06. The summed E-state index contributed by atoms with van der Waals surface area (Å²) in [5, 5.41) is 2.74. The molecule has 2 aromatic rings. The Labute approximate surface area is 151 Å². The third-order valence-electron chi connectivity index (χ3n) is 4.42. The Bertz CT molecular complexity index is 821. The molecule has 3 rings (SSSR count). The van der Waals surface area contributed by atoms with Crippen LogP contribution in [0.4, 0.5) is 5.69 Å². The highest BCUT2D eigenvalue weighted by atomic mass is 16.3. The third kappa shape index (κ3) is 3.77. The number of carbonyl (C=O) groups is 3. The Morgan fingerprint density at radius 1 is 0.962 bits per heavy atom. The maximum Gasteiger partial charge on any atom is 0.257 e. The molecular formula is C19H21N3O4. The number of hydrogen-bond donors (Lipinski definition) is 1. The van der Waals surface area contributed by atoms with Crippen LogP contribution >= 0.6 is 0 Å². The van der Waals surface area contributed by atoms with Gasteiger partial charge in [-0.3, -0.25) is 14.4 Å². The van der Waals surface area contributed by atoms with Gasteiger partial charge in [0.2, 0.25) is 5.91 Å². The second kappa shape index (κ2) is 7.43. The van der Waals surface area contributed by atoms with Crippen molar-refractivity contribution in [3.63, 3.8) is 0 Å². The molecule has 0 bridgehead atoms. The molecule has 1 fully saturated rings. The third-order valence-corrected chi connectivity index (χ3v) is 4.42. The zero-order valence-electron chi connectivity index (χ0n) is 14.8. The summed E-state index contributed by atoms with van der Waals surface area (Å²) in [5.41, 5.74) is 2.57. The quantitative estimate of drug-likeness (QED) is 0.914. The molecule has 1 aromatic heterocycles. The molecule has 1 aromatic carbocycles. The second-order valence-electron chi connectivity index (χ2n) is 6.31. The predicted octanol–water partition coefficient (Wildman–Crippen LogP) is 2.14. The molecule has 1 aliphatic heterocycles. The summed E-state index contributed by atoms with van der Waals surface area (Å²) in [4.78, 5) is 39.8. The molecule has 0 unspecified atom stereocenters. The van der Waals surface area contributed by atoms with Crippen LogP contribution in [0.2, 0.25) is 0 Å². The smallest absolute Gasteiger partial charge is 0.257 e. The van der Waals surface area contributed by atoms with Crippen molar-refractivity contribution in [2.75, 3.05) is 31.5 Å². The Balaban J connectivity index is 1.65. The number of amides is 3. The zero-order valence-corrected chi connectivity index (χ0v) is 14.8. The fourth-order valence-electron chi connectivity index (χ4n) is 2.94. The van der Waals surface area contributed by atoms with E-state index in [1.54, 1.807) is 28.0 Å². The van der Waals surface area contributed by atoms with E-state index in [0.29, 0.717) is 43.0 Å². The Morgan fingerprint density at radius 2 is 1.58 bits per heavy atom. The predicted molar refractivity (Wildman–Crippen MR) is 96.0 cm³/mol. The highest BCUT2D eigenvalue weighted by Crippen LogP contribution is 2.19. The number of aryl methyl sites for hydroxylation is 1. The second-order valence-corrected chi connectivity index (χ2v) is 6.31. The van der Waals surface area contributed by atoms with E-state index in [-0.39, 0.29) is 17.7 Å². The van der Waals surface area contributed by atoms with Crippen LogP contribution in [0, 0.1) is 6.92 Å². The number of furan rings is 1. The lowest BCUT2D eigenvalue weighted by molar-refractivity contribution is -0.114. The lowest BCUT2D eigenvalue weighted by Crippen LogP contribution is -2.50. The standard InChI is InChI=1S/C19H21N3O4/c1-13-3-4-15(11-17(13)20-14(2)23)18(24)21-6-8-22(9-7-21)19(25)16-5-10-26-12-16/h3-5,10-12H,6-9H2,1-2H3,(H,20,23). The van der Waals surface area contributed by atoms with Crippen molar-refractivity contribution in [3.8, 4) is 0 Å². The summed E-state index contributed by atoms with van der Waals surface area (Å²) >= 11 is 0. The number of hydrogen-bond acceptors (Lipinski definition) is 4. The van der Waals surface area contributed by atoms with Gasteiger partial charge in [0.1, 0.15) is 6.26 Å². The van der Waals surface area contributed by atoms with Gasteiger partial charge in [-0.15, -0.1) is 0 Å². The van der Waals surface area contributed by atoms with Crippen LogP contribution in [-0.4, -0.2) is 53.7 Å². The normalized spacial score (nSPS) is 14.2. The van der Waals surface area contributed by atoms with E-state index in [1.807, 2.05) is 13.0 Å². The Morgan fingerprint density at radius 3 is 2.12 bits per heavy atom. The largest absolute Gasteiger partial charge is 0.472 e. The van der Waals surface area contributed by atoms with Crippen molar-refractivity contribution in [1.29, 1.82) is 0 Å². The molecule has 1 N–H and O–H groups in total. The van der Waals surface area contributed by atoms with Crippen molar-refractivity contribution >= 4 is 23.4 Å². The van der Waals surface area contributed by atoms with E-state index in [9.17, 15) is 14.4 Å². The van der Waals surface area contributed by atoms with Crippen molar-refractivity contribution in [3.05, 3.63) is 53.5 Å². The molecule has 0 saturated carbocycles. The maximum absolute atomic E-state index is 12.7. The van der Waals surface area contributed by atoms with Crippen LogP contribution in [0.15, 0.2) is 41.2 Å². The van der Waals surface area contributed by atoms with Gasteiger partial charge in [-0.25, -0.2) is 0 Å². The van der Waals surface area contributed by atoms with Crippen LogP contribution in [0.1, 0.15) is 33.2 Å². The molecule has 1 saturated heterocycles. The molecular weight excluding hydrogens is 334 g/mol. The molecule has 0 spiro atoms. The first-order valence-electron chi connectivity index (χ1n) is 8.44. The SMILES string of the molecule is CC(=O)Nc1cc(C(=O)N2CCN(C(=O)c3ccoc3)CC2)ccc1C. The average molecular weight is 355 g/mol. The average Bonchev–Trinajstić information content (AvgIpc) is 3.17. The molecule has 7 heteroatoms. The number of benzene rings is 1. The van der Waals surface area contributed by atoms with Gasteiger partial charge in [0, 0.05) is 44.4 Å². The van der Waals surface area contributed by atoms with Crippen LogP contribution in [0.25, 0.3) is 0 Å². The fraction of sp³-hybridized carbons (Fsp3) is 0.316. The lowest BCUT2D eigenvalue weighted by Gasteiger charge is -2.34. The minimum Gasteiger partial charge on any atom is -0.472 e. The van der Waals surface area contributed by atoms with Crippen LogP contribution in [0.5, 0.6) is 0 Å². The van der Waals surface area contributed by atoms with Crippen molar-refractivity contribution in [2.24, 2.45) is 0 Å². The zero-order chi connectivity index (χ0) is 18.7. The van der Waals surface area contributed by atoms with Crippen molar-refractivity contribution < 1.29 is 18.8 Å². The van der Waals surface area contributed by atoms with Gasteiger partial charge < -0.3 is 19.5 Å². The number of nitrogens with zero attached hydrogens (tertiary/aromatic N) is 2. The van der Waals surface area contributed by atoms with Gasteiger partial charge in [-0.05, 0) is 30.7 Å². The first-order valence-corrected chi connectivity index (χ1v) is 8.44. The maximum atomic E-state index is 12.7. The van der Waals surface area contributed by atoms with Crippen LogP contribution in [0.3, 0.4) is 0 Å². The summed E-state index contributed by atoms with van der Waals surface area (Å²) in [6, 6.07) is 6.90. The number of rotatable bonds is 3. The van der Waals surface area contributed by atoms with Crippen LogP contribution < -0.4 is 5.32 Å². The number of carbonyl (C=O) groups excluding carboxylic acids is 3. The van der Waals surface area contributed by atoms with E-state index in [0.717, 1.165) is 5.56 Å². The minimum atomic E-state index is -0.177. The fourth-order valence-corrected chi connectivity index (χ4v) is 2.94. The summed E-state index contributed by atoms with van der Waals surface area (Å²) in [5.74, 6) is -0.370. The van der Waals surface area contributed by atoms with Gasteiger partial charge in [0.25, 0.3) is 11.8 Å². The van der Waals surface area contributed by atoms with Crippen molar-refractivity contribution in [1.82, 2.24) is 9.80 Å². The summed E-state index contributed by atoms with van der Waals surface area (Å²) in [6.07, 6.45) is 2.90. The molecule has 1 aliphatic rings. The van der Waals surface area contributed by atoms with E-state index in [1.165, 1.54) is 19.5 Å². The van der Waals surface area contributed by atoms with E-state index >= 15 is 0 Å². The molecule has 26 heavy (non-hydrogen) atoms. The first-order chi connectivity index (χ1) is 12.5. The molecule has 3 amide bonds. The van der Waals surface area contributed by atoms with Gasteiger partial charge >= 0.3 is 0 Å². The van der Waals surface area contributed by atoms with Crippen molar-refractivity contribution in [2.45, 2.75) is 13.8 Å². The topological polar surface area (TPSA) is 82.9 Å². The molecule has 136 valence electrons. The highest BCUT2D eigenvalue weighted by Gasteiger charge is 2.26. The van der Waals surface area contributed by atoms with E-state index in [4.69, 9.17) is 4.42 Å². The number of anilines is 1. The molecule has 0 atom stereocenters. The number of piperazine rings is 1. The van der Waals surface area contributed by atoms with E-state index < -0.39 is 0 Å². The van der Waals surface area contributed by atoms with Crippen LogP contribution in [-0.2, 0) is 4.79 Å². The molecule has 0 radical (unpaired) electrons. The number of nitrogens with one attached hydrogen (secondary N) is 1. The minimum absolute atomic E-state index is 0.0888. The monoisotopic (exact) mass is 355 g/mol. The van der Waals surface area contributed by atoms with E-state index in [2.05, 4.69) is 5.32 Å². The first kappa shape index (κ1) is 17.7. The lowest BCUT2D eigenvalue weighted by atomic mass is 10.1. The van der Waals surface area contributed by atoms with Gasteiger partial charge in [0.05, 0.1) is 11.8 Å². The summed E-state index contributed by atoms with van der Waals surface area (Å²) in [6.45, 7) is 5.18. The molecule has 7 nitrogen and oxygen atoms in total. The Hall–Kier alpha value is -3.09. The highest BCUT2D eigenvalue weighted by molar-refractivity contribution is 5.98. The summed E-state index contributed by atoms with van der Waals surface area (Å²) in [7, 11) is 0. The van der Waals surface area contributed by atoms with Gasteiger partial charge in [-0.2, -0.15) is 0 Å². The molecule has 2 heterocycles. The summed E-state index contributed by atoms with van der Waals surface area (Å²) < 4.78 is 4.95.